The molecule has 16 heavy (non-hydrogen) atoms. The molecule has 0 spiro atoms. The van der Waals surface area contributed by atoms with Crippen LogP contribution in [-0.4, -0.2) is 6.04 Å². The predicted molar refractivity (Wildman–Crippen MR) is 70.8 cm³/mol. The van der Waals surface area contributed by atoms with Gasteiger partial charge in [0.2, 0.25) is 0 Å². The van der Waals surface area contributed by atoms with Crippen LogP contribution < -0.4 is 11.3 Å². The monoisotopic (exact) mass is 282 g/mol. The molecule has 3 N–H and O–H groups in total. The number of rotatable bonds is 4. The Morgan fingerprint density at radius 3 is 2.75 bits per heavy atom. The summed E-state index contributed by atoms with van der Waals surface area (Å²) in [5, 5.41) is 0. The van der Waals surface area contributed by atoms with E-state index >= 15 is 0 Å². The largest absolute Gasteiger partial charge is 0.271 e. The molecule has 0 heterocycles. The van der Waals surface area contributed by atoms with Crippen molar-refractivity contribution in [2.24, 2.45) is 17.2 Å². The van der Waals surface area contributed by atoms with Crippen molar-refractivity contribution < 1.29 is 0 Å². The molecule has 0 amide bonds. The third-order valence-electron chi connectivity index (χ3n) is 3.63. The summed E-state index contributed by atoms with van der Waals surface area (Å²) in [6.45, 7) is 4.62. The molecule has 0 bridgehead atoms. The van der Waals surface area contributed by atoms with Crippen molar-refractivity contribution in [3.8, 4) is 0 Å². The van der Waals surface area contributed by atoms with E-state index in [0.717, 1.165) is 10.9 Å². The Bertz CT molecular complexity index is 376. The van der Waals surface area contributed by atoms with Crippen LogP contribution in [0.5, 0.6) is 0 Å². The maximum atomic E-state index is 5.66. The quantitative estimate of drug-likeness (QED) is 0.658. The van der Waals surface area contributed by atoms with Gasteiger partial charge in [0, 0.05) is 10.5 Å². The molecule has 0 saturated heterocycles. The summed E-state index contributed by atoms with van der Waals surface area (Å²) in [4.78, 5) is 0. The molecule has 88 valence electrons. The number of hydrogen-bond acceptors (Lipinski definition) is 2. The Morgan fingerprint density at radius 1 is 1.56 bits per heavy atom. The molecule has 2 rings (SSSR count). The fraction of sp³-hybridized carbons (Fsp3) is 0.538. The van der Waals surface area contributed by atoms with E-state index in [0.29, 0.717) is 17.4 Å². The second-order valence-electron chi connectivity index (χ2n) is 5.41. The molecular weight excluding hydrogens is 264 g/mol. The number of benzene rings is 1. The van der Waals surface area contributed by atoms with Crippen molar-refractivity contribution >= 4 is 15.9 Å². The lowest BCUT2D eigenvalue weighted by Crippen LogP contribution is -2.39. The van der Waals surface area contributed by atoms with Crippen molar-refractivity contribution in [2.45, 2.75) is 32.7 Å². The van der Waals surface area contributed by atoms with Crippen LogP contribution in [0, 0.1) is 11.3 Å². The van der Waals surface area contributed by atoms with E-state index in [4.69, 9.17) is 5.84 Å². The van der Waals surface area contributed by atoms with Crippen LogP contribution in [0.3, 0.4) is 0 Å². The van der Waals surface area contributed by atoms with Crippen LogP contribution in [0.15, 0.2) is 28.7 Å². The van der Waals surface area contributed by atoms with Crippen molar-refractivity contribution in [1.29, 1.82) is 0 Å². The molecular formula is C13H19BrN2. The van der Waals surface area contributed by atoms with Gasteiger partial charge in [-0.2, -0.15) is 0 Å². The Labute approximate surface area is 106 Å². The van der Waals surface area contributed by atoms with Crippen LogP contribution in [-0.2, 0) is 6.42 Å². The van der Waals surface area contributed by atoms with Gasteiger partial charge < -0.3 is 0 Å². The van der Waals surface area contributed by atoms with E-state index in [1.165, 1.54) is 12.0 Å². The summed E-state index contributed by atoms with van der Waals surface area (Å²) in [5.41, 5.74) is 4.77. The maximum Gasteiger partial charge on any atom is 0.0284 e. The Balaban J connectivity index is 2.03. The first kappa shape index (κ1) is 12.1. The first-order chi connectivity index (χ1) is 7.53. The zero-order chi connectivity index (χ0) is 11.8. The highest BCUT2D eigenvalue weighted by molar-refractivity contribution is 9.10. The highest BCUT2D eigenvalue weighted by Gasteiger charge is 2.49. The zero-order valence-electron chi connectivity index (χ0n) is 9.83. The minimum atomic E-state index is 0.393. The molecule has 0 aliphatic heterocycles. The number of hydrogen-bond donors (Lipinski definition) is 2. The lowest BCUT2D eigenvalue weighted by Gasteiger charge is -2.17. The summed E-state index contributed by atoms with van der Waals surface area (Å²) in [6.07, 6.45) is 2.28. The minimum absolute atomic E-state index is 0.393. The zero-order valence-corrected chi connectivity index (χ0v) is 11.4. The van der Waals surface area contributed by atoms with Gasteiger partial charge in [0.05, 0.1) is 0 Å². The standard InChI is InChI=1S/C13H19BrN2/c1-13(2)8-11(13)12(16-15)7-9-4-3-5-10(14)6-9/h3-6,11-12,16H,7-8,15H2,1-2H3. The second kappa shape index (κ2) is 4.47. The summed E-state index contributed by atoms with van der Waals surface area (Å²) in [5.74, 6) is 6.36. The summed E-state index contributed by atoms with van der Waals surface area (Å²) < 4.78 is 1.14. The van der Waals surface area contributed by atoms with E-state index in [1.807, 2.05) is 0 Å². The lowest BCUT2D eigenvalue weighted by atomic mass is 9.98. The Morgan fingerprint density at radius 2 is 2.25 bits per heavy atom. The van der Waals surface area contributed by atoms with Crippen molar-refractivity contribution in [1.82, 2.24) is 5.43 Å². The van der Waals surface area contributed by atoms with Crippen molar-refractivity contribution in [3.63, 3.8) is 0 Å². The molecule has 1 aromatic carbocycles. The Kier molecular flexibility index (Phi) is 3.38. The predicted octanol–water partition coefficient (Wildman–Crippen LogP) is 2.87. The molecule has 3 heteroatoms. The molecule has 2 atom stereocenters. The van der Waals surface area contributed by atoms with Crippen LogP contribution in [0.2, 0.25) is 0 Å². The number of halogens is 1. The lowest BCUT2D eigenvalue weighted by molar-refractivity contribution is 0.409. The second-order valence-corrected chi connectivity index (χ2v) is 6.32. The fourth-order valence-electron chi connectivity index (χ4n) is 2.43. The molecule has 1 aliphatic rings. The van der Waals surface area contributed by atoms with Crippen molar-refractivity contribution in [2.75, 3.05) is 0 Å². The van der Waals surface area contributed by atoms with Gasteiger partial charge in [0.15, 0.2) is 0 Å². The van der Waals surface area contributed by atoms with E-state index in [9.17, 15) is 0 Å². The topological polar surface area (TPSA) is 38.0 Å². The van der Waals surface area contributed by atoms with E-state index in [1.54, 1.807) is 0 Å². The third kappa shape index (κ3) is 2.65. The van der Waals surface area contributed by atoms with Gasteiger partial charge in [-0.1, -0.05) is 41.9 Å². The van der Waals surface area contributed by atoms with Crippen LogP contribution in [0.25, 0.3) is 0 Å². The molecule has 0 radical (unpaired) electrons. The highest BCUT2D eigenvalue weighted by Crippen LogP contribution is 2.53. The third-order valence-corrected chi connectivity index (χ3v) is 4.13. The van der Waals surface area contributed by atoms with E-state index in [-0.39, 0.29) is 0 Å². The fourth-order valence-corrected chi connectivity index (χ4v) is 2.88. The molecule has 2 unspecified atom stereocenters. The number of hydrazine groups is 1. The van der Waals surface area contributed by atoms with Gasteiger partial charge in [0.25, 0.3) is 0 Å². The van der Waals surface area contributed by atoms with Gasteiger partial charge >= 0.3 is 0 Å². The van der Waals surface area contributed by atoms with Gasteiger partial charge in [-0.15, -0.1) is 0 Å². The molecule has 1 saturated carbocycles. The molecule has 1 fully saturated rings. The highest BCUT2D eigenvalue weighted by atomic mass is 79.9. The average molecular weight is 283 g/mol. The Hall–Kier alpha value is -0.380. The van der Waals surface area contributed by atoms with Crippen LogP contribution in [0.1, 0.15) is 25.8 Å². The number of nitrogens with two attached hydrogens (primary N) is 1. The summed E-state index contributed by atoms with van der Waals surface area (Å²) in [7, 11) is 0. The van der Waals surface area contributed by atoms with Gasteiger partial charge in [0.1, 0.15) is 0 Å². The first-order valence-electron chi connectivity index (χ1n) is 5.73. The smallest absolute Gasteiger partial charge is 0.0284 e. The minimum Gasteiger partial charge on any atom is -0.271 e. The summed E-state index contributed by atoms with van der Waals surface area (Å²) in [6, 6.07) is 8.84. The molecule has 1 aliphatic carbocycles. The van der Waals surface area contributed by atoms with Gasteiger partial charge in [-0.05, 0) is 41.9 Å². The van der Waals surface area contributed by atoms with E-state index in [2.05, 4.69) is 59.5 Å². The van der Waals surface area contributed by atoms with Crippen LogP contribution in [0.4, 0.5) is 0 Å². The van der Waals surface area contributed by atoms with Gasteiger partial charge in [-0.25, -0.2) is 0 Å². The normalized spacial score (nSPS) is 24.1. The number of nitrogens with one attached hydrogen (secondary N) is 1. The molecule has 0 aromatic heterocycles. The first-order valence-corrected chi connectivity index (χ1v) is 6.53. The van der Waals surface area contributed by atoms with Crippen LogP contribution >= 0.6 is 15.9 Å². The maximum absolute atomic E-state index is 5.66. The summed E-state index contributed by atoms with van der Waals surface area (Å²) >= 11 is 3.50. The SMILES string of the molecule is CC1(C)CC1C(Cc1cccc(Br)c1)NN. The molecule has 1 aromatic rings. The van der Waals surface area contributed by atoms with E-state index < -0.39 is 0 Å². The average Bonchev–Trinajstić information content (AvgIpc) is 2.84. The molecule has 2 nitrogen and oxygen atoms in total. The van der Waals surface area contributed by atoms with Crippen molar-refractivity contribution in [3.05, 3.63) is 34.3 Å². The van der Waals surface area contributed by atoms with Gasteiger partial charge in [-0.3, -0.25) is 11.3 Å².